The first-order valence-corrected chi connectivity index (χ1v) is 6.57. The SMILES string of the molecule is Cc1cc(F)cc(C)c1CCOCCNC(C)C. The van der Waals surface area contributed by atoms with Gasteiger partial charge in [0.1, 0.15) is 5.82 Å². The Morgan fingerprint density at radius 3 is 2.33 bits per heavy atom. The summed E-state index contributed by atoms with van der Waals surface area (Å²) in [6.07, 6.45) is 0.847. The molecule has 0 radical (unpaired) electrons. The van der Waals surface area contributed by atoms with E-state index in [1.54, 1.807) is 12.1 Å². The van der Waals surface area contributed by atoms with Crippen molar-refractivity contribution in [1.29, 1.82) is 0 Å². The molecule has 0 heterocycles. The summed E-state index contributed by atoms with van der Waals surface area (Å²) in [5.41, 5.74) is 3.22. The molecular formula is C15H24FNO. The lowest BCUT2D eigenvalue weighted by molar-refractivity contribution is 0.137. The smallest absolute Gasteiger partial charge is 0.123 e. The second kappa shape index (κ2) is 7.49. The van der Waals surface area contributed by atoms with Crippen molar-refractivity contribution in [3.63, 3.8) is 0 Å². The molecule has 0 saturated heterocycles. The second-order valence-electron chi connectivity index (χ2n) is 4.99. The Morgan fingerprint density at radius 1 is 1.17 bits per heavy atom. The molecule has 2 nitrogen and oxygen atoms in total. The molecule has 0 aliphatic carbocycles. The standard InChI is InChI=1S/C15H24FNO/c1-11(2)17-6-8-18-7-5-15-12(3)9-14(16)10-13(15)4/h9-11,17H,5-8H2,1-4H3. The van der Waals surface area contributed by atoms with Crippen LogP contribution in [0.5, 0.6) is 0 Å². The number of hydrogen-bond acceptors (Lipinski definition) is 2. The normalized spacial score (nSPS) is 11.2. The summed E-state index contributed by atoms with van der Waals surface area (Å²) >= 11 is 0. The van der Waals surface area contributed by atoms with Crippen LogP contribution < -0.4 is 5.32 Å². The fourth-order valence-corrected chi connectivity index (χ4v) is 2.03. The zero-order chi connectivity index (χ0) is 13.5. The van der Waals surface area contributed by atoms with Gasteiger partial charge >= 0.3 is 0 Å². The lowest BCUT2D eigenvalue weighted by atomic mass is 10.0. The van der Waals surface area contributed by atoms with Gasteiger partial charge in [0.2, 0.25) is 0 Å². The predicted octanol–water partition coefficient (Wildman–Crippen LogP) is 3.00. The van der Waals surface area contributed by atoms with Gasteiger partial charge in [-0.15, -0.1) is 0 Å². The molecule has 18 heavy (non-hydrogen) atoms. The lowest BCUT2D eigenvalue weighted by Gasteiger charge is -2.11. The molecule has 0 amide bonds. The first-order chi connectivity index (χ1) is 8.50. The zero-order valence-electron chi connectivity index (χ0n) is 11.8. The molecule has 102 valence electrons. The van der Waals surface area contributed by atoms with Crippen molar-refractivity contribution in [3.8, 4) is 0 Å². The number of halogens is 1. The molecule has 0 atom stereocenters. The Kier molecular flexibility index (Phi) is 6.30. The van der Waals surface area contributed by atoms with Gasteiger partial charge in [0.15, 0.2) is 0 Å². The monoisotopic (exact) mass is 253 g/mol. The van der Waals surface area contributed by atoms with Crippen LogP contribution in [-0.2, 0) is 11.2 Å². The Labute approximate surface area is 110 Å². The summed E-state index contributed by atoms with van der Waals surface area (Å²) in [6, 6.07) is 3.67. The van der Waals surface area contributed by atoms with E-state index in [4.69, 9.17) is 4.74 Å². The molecule has 0 aromatic heterocycles. The maximum absolute atomic E-state index is 13.1. The van der Waals surface area contributed by atoms with E-state index in [1.165, 1.54) is 5.56 Å². The third kappa shape index (κ3) is 5.15. The fraction of sp³-hybridized carbons (Fsp3) is 0.600. The summed E-state index contributed by atoms with van der Waals surface area (Å²) in [4.78, 5) is 0. The van der Waals surface area contributed by atoms with Gasteiger partial charge in [-0.05, 0) is 49.1 Å². The van der Waals surface area contributed by atoms with Crippen molar-refractivity contribution in [3.05, 3.63) is 34.6 Å². The second-order valence-corrected chi connectivity index (χ2v) is 4.99. The van der Waals surface area contributed by atoms with Crippen molar-refractivity contribution in [2.75, 3.05) is 19.8 Å². The highest BCUT2D eigenvalue weighted by Crippen LogP contribution is 2.16. The minimum absolute atomic E-state index is 0.157. The van der Waals surface area contributed by atoms with E-state index >= 15 is 0 Å². The van der Waals surface area contributed by atoms with Crippen LogP contribution in [-0.4, -0.2) is 25.8 Å². The number of benzene rings is 1. The first-order valence-electron chi connectivity index (χ1n) is 6.57. The Balaban J connectivity index is 2.31. The summed E-state index contributed by atoms with van der Waals surface area (Å²) in [6.45, 7) is 10.4. The molecule has 0 bridgehead atoms. The topological polar surface area (TPSA) is 21.3 Å². The fourth-order valence-electron chi connectivity index (χ4n) is 2.03. The average Bonchev–Trinajstić information content (AvgIpc) is 2.25. The van der Waals surface area contributed by atoms with Gasteiger partial charge in [-0.1, -0.05) is 13.8 Å². The molecule has 0 aliphatic heterocycles. The van der Waals surface area contributed by atoms with E-state index in [0.29, 0.717) is 12.6 Å². The molecule has 1 aromatic carbocycles. The molecule has 1 N–H and O–H groups in total. The quantitative estimate of drug-likeness (QED) is 0.754. The largest absolute Gasteiger partial charge is 0.380 e. The summed E-state index contributed by atoms with van der Waals surface area (Å²) in [7, 11) is 0. The van der Waals surface area contributed by atoms with E-state index < -0.39 is 0 Å². The molecule has 0 unspecified atom stereocenters. The summed E-state index contributed by atoms with van der Waals surface area (Å²) in [5.74, 6) is -0.157. The van der Waals surface area contributed by atoms with Gasteiger partial charge in [0.05, 0.1) is 13.2 Å². The number of hydrogen-bond donors (Lipinski definition) is 1. The van der Waals surface area contributed by atoms with Gasteiger partial charge < -0.3 is 10.1 Å². The van der Waals surface area contributed by atoms with E-state index in [9.17, 15) is 4.39 Å². The van der Waals surface area contributed by atoms with Crippen LogP contribution in [0.15, 0.2) is 12.1 Å². The Morgan fingerprint density at radius 2 is 1.78 bits per heavy atom. The van der Waals surface area contributed by atoms with Gasteiger partial charge in [0.25, 0.3) is 0 Å². The molecule has 1 rings (SSSR count). The number of nitrogens with one attached hydrogen (secondary N) is 1. The number of rotatable bonds is 7. The van der Waals surface area contributed by atoms with Crippen molar-refractivity contribution in [2.45, 2.75) is 40.2 Å². The maximum atomic E-state index is 13.1. The summed E-state index contributed by atoms with van der Waals surface area (Å²) < 4.78 is 18.7. The molecule has 0 aliphatic rings. The zero-order valence-corrected chi connectivity index (χ0v) is 11.8. The van der Waals surface area contributed by atoms with E-state index in [-0.39, 0.29) is 5.82 Å². The van der Waals surface area contributed by atoms with E-state index in [1.807, 2.05) is 13.8 Å². The average molecular weight is 253 g/mol. The molecule has 1 aromatic rings. The van der Waals surface area contributed by atoms with Crippen molar-refractivity contribution >= 4 is 0 Å². The Bertz CT molecular complexity index is 354. The molecule has 3 heteroatoms. The van der Waals surface area contributed by atoms with Gasteiger partial charge in [-0.3, -0.25) is 0 Å². The number of aryl methyl sites for hydroxylation is 2. The number of ether oxygens (including phenoxy) is 1. The van der Waals surface area contributed by atoms with Gasteiger partial charge in [0, 0.05) is 12.6 Å². The van der Waals surface area contributed by atoms with Crippen LogP contribution >= 0.6 is 0 Å². The van der Waals surface area contributed by atoms with Crippen LogP contribution in [0.25, 0.3) is 0 Å². The highest BCUT2D eigenvalue weighted by atomic mass is 19.1. The highest BCUT2D eigenvalue weighted by Gasteiger charge is 2.05. The van der Waals surface area contributed by atoms with E-state index in [0.717, 1.165) is 30.7 Å². The molecular weight excluding hydrogens is 229 g/mol. The maximum Gasteiger partial charge on any atom is 0.123 e. The van der Waals surface area contributed by atoms with Crippen LogP contribution in [0.4, 0.5) is 4.39 Å². The van der Waals surface area contributed by atoms with Gasteiger partial charge in [-0.2, -0.15) is 0 Å². The molecule has 0 spiro atoms. The van der Waals surface area contributed by atoms with Crippen molar-refractivity contribution in [1.82, 2.24) is 5.32 Å². The van der Waals surface area contributed by atoms with Gasteiger partial charge in [-0.25, -0.2) is 4.39 Å². The lowest BCUT2D eigenvalue weighted by Crippen LogP contribution is -2.26. The first kappa shape index (κ1) is 15.1. The van der Waals surface area contributed by atoms with E-state index in [2.05, 4.69) is 19.2 Å². The third-order valence-corrected chi connectivity index (χ3v) is 2.96. The van der Waals surface area contributed by atoms with Crippen LogP contribution in [0, 0.1) is 19.7 Å². The van der Waals surface area contributed by atoms with Crippen molar-refractivity contribution in [2.24, 2.45) is 0 Å². The molecule has 0 fully saturated rings. The van der Waals surface area contributed by atoms with Crippen LogP contribution in [0.1, 0.15) is 30.5 Å². The van der Waals surface area contributed by atoms with Crippen LogP contribution in [0.2, 0.25) is 0 Å². The Hall–Kier alpha value is -0.930. The van der Waals surface area contributed by atoms with Crippen LogP contribution in [0.3, 0.4) is 0 Å². The summed E-state index contributed by atoms with van der Waals surface area (Å²) in [5, 5.41) is 3.30. The highest BCUT2D eigenvalue weighted by molar-refractivity contribution is 5.34. The third-order valence-electron chi connectivity index (χ3n) is 2.96. The minimum Gasteiger partial charge on any atom is -0.380 e. The minimum atomic E-state index is -0.157. The molecule has 0 saturated carbocycles. The van der Waals surface area contributed by atoms with Crippen molar-refractivity contribution < 1.29 is 9.13 Å². The predicted molar refractivity (Wildman–Crippen MR) is 73.5 cm³/mol.